The maximum atomic E-state index is 12.5. The molecule has 1 aromatic heterocycles. The number of hydrogen-bond acceptors (Lipinski definition) is 5. The summed E-state index contributed by atoms with van der Waals surface area (Å²) in [7, 11) is -3.08. The number of aromatic amines is 1. The number of para-hydroxylation sites is 2. The zero-order chi connectivity index (χ0) is 20.4. The normalized spacial score (nSPS) is 17.7. The van der Waals surface area contributed by atoms with Crippen LogP contribution in [0.1, 0.15) is 16.8 Å². The molecular weight excluding hydrogens is 394 g/mol. The molecule has 0 bridgehead atoms. The Bertz CT molecular complexity index is 1160. The Hall–Kier alpha value is -3.40. The zero-order valence-corrected chi connectivity index (χ0v) is 16.1. The van der Waals surface area contributed by atoms with Gasteiger partial charge in [0, 0.05) is 17.3 Å². The van der Waals surface area contributed by atoms with E-state index >= 15 is 0 Å². The Morgan fingerprint density at radius 1 is 1.07 bits per heavy atom. The molecule has 4 N–H and O–H groups in total. The van der Waals surface area contributed by atoms with Gasteiger partial charge in [0.2, 0.25) is 5.95 Å². The molecule has 1 saturated heterocycles. The molecule has 9 nitrogen and oxygen atoms in total. The minimum absolute atomic E-state index is 0.0552. The number of carbonyl (C=O) groups is 2. The van der Waals surface area contributed by atoms with Gasteiger partial charge in [-0.25, -0.2) is 18.2 Å². The number of carbonyl (C=O) groups excluding carboxylic acids is 2. The van der Waals surface area contributed by atoms with E-state index in [0.717, 1.165) is 11.0 Å². The van der Waals surface area contributed by atoms with E-state index in [1.165, 1.54) is 6.07 Å². The molecule has 1 fully saturated rings. The molecular formula is C19H19N5O4S. The number of fused-ring (bicyclic) bond motifs is 1. The SMILES string of the molecule is O=C(Nc1cccc(C(=O)Nc2nc3ccccc3[nH]2)c1)NC1CCS(=O)(=O)C1. The van der Waals surface area contributed by atoms with Crippen LogP contribution in [0.4, 0.5) is 16.4 Å². The van der Waals surface area contributed by atoms with Crippen molar-refractivity contribution in [2.24, 2.45) is 0 Å². The van der Waals surface area contributed by atoms with E-state index in [1.807, 2.05) is 24.3 Å². The van der Waals surface area contributed by atoms with Crippen LogP contribution in [0, 0.1) is 0 Å². The minimum atomic E-state index is -3.08. The Morgan fingerprint density at radius 3 is 2.66 bits per heavy atom. The lowest BCUT2D eigenvalue weighted by Gasteiger charge is -2.12. The predicted octanol–water partition coefficient (Wildman–Crippen LogP) is 2.12. The molecule has 0 saturated carbocycles. The number of nitrogens with zero attached hydrogens (tertiary/aromatic N) is 1. The average Bonchev–Trinajstić information content (AvgIpc) is 3.23. The van der Waals surface area contributed by atoms with Crippen molar-refractivity contribution in [2.75, 3.05) is 22.1 Å². The number of hydrogen-bond donors (Lipinski definition) is 4. The summed E-state index contributed by atoms with van der Waals surface area (Å²) in [5, 5.41) is 7.97. The molecule has 1 atom stereocenters. The monoisotopic (exact) mass is 413 g/mol. The van der Waals surface area contributed by atoms with Gasteiger partial charge in [-0.3, -0.25) is 10.1 Å². The summed E-state index contributed by atoms with van der Waals surface area (Å²) in [6, 6.07) is 12.9. The number of amides is 3. The molecule has 0 spiro atoms. The fraction of sp³-hybridized carbons (Fsp3) is 0.211. The predicted molar refractivity (Wildman–Crippen MR) is 110 cm³/mol. The van der Waals surface area contributed by atoms with E-state index < -0.39 is 21.9 Å². The number of H-pyrrole nitrogens is 1. The van der Waals surface area contributed by atoms with Crippen molar-refractivity contribution in [1.82, 2.24) is 15.3 Å². The first-order valence-electron chi connectivity index (χ1n) is 9.02. The summed E-state index contributed by atoms with van der Waals surface area (Å²) in [5.41, 5.74) is 2.31. The third kappa shape index (κ3) is 4.54. The number of nitrogens with one attached hydrogen (secondary N) is 4. The van der Waals surface area contributed by atoms with Crippen molar-refractivity contribution in [3.05, 3.63) is 54.1 Å². The molecule has 1 aliphatic rings. The van der Waals surface area contributed by atoms with Crippen molar-refractivity contribution < 1.29 is 18.0 Å². The Balaban J connectivity index is 1.40. The van der Waals surface area contributed by atoms with E-state index in [2.05, 4.69) is 25.9 Å². The maximum absolute atomic E-state index is 12.5. The topological polar surface area (TPSA) is 133 Å². The first-order valence-corrected chi connectivity index (χ1v) is 10.8. The van der Waals surface area contributed by atoms with Gasteiger partial charge in [0.05, 0.1) is 22.5 Å². The van der Waals surface area contributed by atoms with Crippen molar-refractivity contribution in [3.8, 4) is 0 Å². The van der Waals surface area contributed by atoms with Crippen LogP contribution in [0.2, 0.25) is 0 Å². The summed E-state index contributed by atoms with van der Waals surface area (Å²) in [5.74, 6) is -0.0276. The number of urea groups is 1. The van der Waals surface area contributed by atoms with Crippen molar-refractivity contribution in [3.63, 3.8) is 0 Å². The van der Waals surface area contributed by atoms with Crippen molar-refractivity contribution >= 4 is 44.4 Å². The Kier molecular flexibility index (Phi) is 4.93. The largest absolute Gasteiger partial charge is 0.334 e. The van der Waals surface area contributed by atoms with E-state index in [9.17, 15) is 18.0 Å². The van der Waals surface area contributed by atoms with Gasteiger partial charge in [-0.2, -0.15) is 0 Å². The van der Waals surface area contributed by atoms with Crippen LogP contribution in [0.3, 0.4) is 0 Å². The van der Waals surface area contributed by atoms with Crippen LogP contribution in [-0.2, 0) is 9.84 Å². The molecule has 0 aliphatic carbocycles. The summed E-state index contributed by atoms with van der Waals surface area (Å²) in [4.78, 5) is 32.0. The van der Waals surface area contributed by atoms with E-state index in [1.54, 1.807) is 18.2 Å². The lowest BCUT2D eigenvalue weighted by Crippen LogP contribution is -2.38. The van der Waals surface area contributed by atoms with Crippen LogP contribution in [0.15, 0.2) is 48.5 Å². The van der Waals surface area contributed by atoms with Gasteiger partial charge in [-0.1, -0.05) is 18.2 Å². The third-order valence-electron chi connectivity index (χ3n) is 4.57. The van der Waals surface area contributed by atoms with Gasteiger partial charge in [0.1, 0.15) is 0 Å². The molecule has 2 aromatic carbocycles. The molecule has 1 aliphatic heterocycles. The average molecular weight is 413 g/mol. The zero-order valence-electron chi connectivity index (χ0n) is 15.3. The maximum Gasteiger partial charge on any atom is 0.319 e. The Morgan fingerprint density at radius 2 is 1.90 bits per heavy atom. The second-order valence-electron chi connectivity index (χ2n) is 6.84. The molecule has 2 heterocycles. The van der Waals surface area contributed by atoms with Gasteiger partial charge in [0.15, 0.2) is 9.84 Å². The second-order valence-corrected chi connectivity index (χ2v) is 9.06. The second kappa shape index (κ2) is 7.55. The highest BCUT2D eigenvalue weighted by molar-refractivity contribution is 7.91. The highest BCUT2D eigenvalue weighted by Crippen LogP contribution is 2.16. The highest BCUT2D eigenvalue weighted by Gasteiger charge is 2.28. The molecule has 29 heavy (non-hydrogen) atoms. The lowest BCUT2D eigenvalue weighted by atomic mass is 10.2. The van der Waals surface area contributed by atoms with Gasteiger partial charge in [-0.05, 0) is 36.8 Å². The number of sulfone groups is 1. The fourth-order valence-electron chi connectivity index (χ4n) is 3.19. The van der Waals surface area contributed by atoms with E-state index in [0.29, 0.717) is 23.6 Å². The lowest BCUT2D eigenvalue weighted by molar-refractivity contribution is 0.102. The number of imidazole rings is 1. The molecule has 10 heteroatoms. The molecule has 4 rings (SSSR count). The number of aromatic nitrogens is 2. The quantitative estimate of drug-likeness (QED) is 0.520. The standard InChI is InChI=1S/C19H19N5O4S/c25-17(24-18-22-15-6-1-2-7-16(15)23-18)12-4-3-5-13(10-12)20-19(26)21-14-8-9-29(27,28)11-14/h1-7,10,14H,8-9,11H2,(H2,20,21,26)(H2,22,23,24,25). The van der Waals surface area contributed by atoms with Crippen LogP contribution in [-0.4, -0.2) is 47.9 Å². The summed E-state index contributed by atoms with van der Waals surface area (Å²) >= 11 is 0. The minimum Gasteiger partial charge on any atom is -0.334 e. The van der Waals surface area contributed by atoms with Gasteiger partial charge >= 0.3 is 6.03 Å². The number of benzene rings is 2. The van der Waals surface area contributed by atoms with Crippen LogP contribution in [0.25, 0.3) is 11.0 Å². The first kappa shape index (κ1) is 18.9. The van der Waals surface area contributed by atoms with Gasteiger partial charge in [-0.15, -0.1) is 0 Å². The van der Waals surface area contributed by atoms with Crippen LogP contribution in [0.5, 0.6) is 0 Å². The molecule has 1 unspecified atom stereocenters. The number of rotatable bonds is 4. The summed E-state index contributed by atoms with van der Waals surface area (Å²) in [6.45, 7) is 0. The number of anilines is 2. The van der Waals surface area contributed by atoms with E-state index in [4.69, 9.17) is 0 Å². The molecule has 3 aromatic rings. The van der Waals surface area contributed by atoms with Crippen molar-refractivity contribution in [1.29, 1.82) is 0 Å². The van der Waals surface area contributed by atoms with Crippen LogP contribution >= 0.6 is 0 Å². The molecule has 3 amide bonds. The molecule has 150 valence electrons. The molecule has 0 radical (unpaired) electrons. The fourth-order valence-corrected chi connectivity index (χ4v) is 4.86. The van der Waals surface area contributed by atoms with E-state index in [-0.39, 0.29) is 17.4 Å². The highest BCUT2D eigenvalue weighted by atomic mass is 32.2. The van der Waals surface area contributed by atoms with Gasteiger partial charge in [0.25, 0.3) is 5.91 Å². The smallest absolute Gasteiger partial charge is 0.319 e. The van der Waals surface area contributed by atoms with Crippen LogP contribution < -0.4 is 16.0 Å². The third-order valence-corrected chi connectivity index (χ3v) is 6.34. The van der Waals surface area contributed by atoms with Crippen molar-refractivity contribution in [2.45, 2.75) is 12.5 Å². The summed E-state index contributed by atoms with van der Waals surface area (Å²) < 4.78 is 23.0. The summed E-state index contributed by atoms with van der Waals surface area (Å²) in [6.07, 6.45) is 0.399. The first-order chi connectivity index (χ1) is 13.9. The Labute approximate surface area is 166 Å². The van der Waals surface area contributed by atoms with Gasteiger partial charge < -0.3 is 15.6 Å².